The molecular formula is C27H26F3N3O3. The minimum atomic E-state index is -4.45. The second kappa shape index (κ2) is 10.7. The highest BCUT2D eigenvalue weighted by molar-refractivity contribution is 5.99. The average molecular weight is 498 g/mol. The summed E-state index contributed by atoms with van der Waals surface area (Å²) in [6.07, 6.45) is -4.49. The molecule has 4 rings (SSSR count). The van der Waals surface area contributed by atoms with Crippen LogP contribution in [0.15, 0.2) is 72.8 Å². The number of urea groups is 1. The Kier molecular flexibility index (Phi) is 7.47. The van der Waals surface area contributed by atoms with E-state index in [0.29, 0.717) is 36.4 Å². The fraction of sp³-hybridized carbons (Fsp3) is 0.259. The van der Waals surface area contributed by atoms with Crippen LogP contribution in [0.3, 0.4) is 0 Å². The van der Waals surface area contributed by atoms with Crippen LogP contribution in [0.4, 0.5) is 34.1 Å². The molecule has 9 heteroatoms. The summed E-state index contributed by atoms with van der Waals surface area (Å²) in [7, 11) is 0. The number of benzene rings is 3. The van der Waals surface area contributed by atoms with E-state index in [9.17, 15) is 22.8 Å². The van der Waals surface area contributed by atoms with Gasteiger partial charge in [-0.25, -0.2) is 9.59 Å². The molecule has 3 aromatic rings. The second-order valence-corrected chi connectivity index (χ2v) is 8.61. The van der Waals surface area contributed by atoms with Gasteiger partial charge in [0.15, 0.2) is 0 Å². The van der Waals surface area contributed by atoms with Crippen LogP contribution < -0.4 is 10.2 Å². The molecule has 0 unspecified atom stereocenters. The Balaban J connectivity index is 1.48. The van der Waals surface area contributed by atoms with Gasteiger partial charge in [0.25, 0.3) is 0 Å². The molecule has 1 fully saturated rings. The van der Waals surface area contributed by atoms with E-state index in [4.69, 9.17) is 4.74 Å². The average Bonchev–Trinajstić information content (AvgIpc) is 2.85. The van der Waals surface area contributed by atoms with Gasteiger partial charge in [0, 0.05) is 19.6 Å². The SMILES string of the molecule is Cc1ccc(N2CCCN(Cc3cccc(C(F)(F)F)c3)C2=O)c(NC(=O)OCc2ccccc2)c1. The number of carbonyl (C=O) groups excluding carboxylic acids is 2. The molecule has 0 saturated carbocycles. The lowest BCUT2D eigenvalue weighted by atomic mass is 10.1. The lowest BCUT2D eigenvalue weighted by molar-refractivity contribution is -0.137. The predicted molar refractivity (Wildman–Crippen MR) is 131 cm³/mol. The van der Waals surface area contributed by atoms with Gasteiger partial charge in [-0.15, -0.1) is 0 Å². The lowest BCUT2D eigenvalue weighted by Gasteiger charge is -2.36. The highest BCUT2D eigenvalue weighted by atomic mass is 19.4. The third-order valence-corrected chi connectivity index (χ3v) is 5.83. The highest BCUT2D eigenvalue weighted by Gasteiger charge is 2.32. The molecule has 188 valence electrons. The van der Waals surface area contributed by atoms with Crippen molar-refractivity contribution in [3.05, 3.63) is 95.1 Å². The molecule has 1 aliphatic heterocycles. The minimum absolute atomic E-state index is 0.0486. The fourth-order valence-electron chi connectivity index (χ4n) is 4.07. The van der Waals surface area contributed by atoms with Crippen molar-refractivity contribution in [2.45, 2.75) is 32.7 Å². The normalized spacial score (nSPS) is 14.1. The van der Waals surface area contributed by atoms with Gasteiger partial charge in [0.05, 0.1) is 16.9 Å². The quantitative estimate of drug-likeness (QED) is 0.418. The number of rotatable bonds is 6. The fourth-order valence-corrected chi connectivity index (χ4v) is 4.07. The van der Waals surface area contributed by atoms with Crippen LogP contribution >= 0.6 is 0 Å². The van der Waals surface area contributed by atoms with E-state index in [0.717, 1.165) is 23.3 Å². The Morgan fingerprint density at radius 1 is 0.972 bits per heavy atom. The summed E-state index contributed by atoms with van der Waals surface area (Å²) < 4.78 is 44.6. The van der Waals surface area contributed by atoms with Crippen molar-refractivity contribution in [2.75, 3.05) is 23.3 Å². The molecule has 0 atom stereocenters. The van der Waals surface area contributed by atoms with E-state index in [-0.39, 0.29) is 19.2 Å². The number of alkyl halides is 3. The molecule has 0 aromatic heterocycles. The number of nitrogens with zero attached hydrogens (tertiary/aromatic N) is 2. The van der Waals surface area contributed by atoms with Crippen molar-refractivity contribution in [1.29, 1.82) is 0 Å². The van der Waals surface area contributed by atoms with E-state index < -0.39 is 17.8 Å². The molecule has 0 bridgehead atoms. The molecule has 3 amide bonds. The molecule has 0 spiro atoms. The first-order valence-corrected chi connectivity index (χ1v) is 11.5. The van der Waals surface area contributed by atoms with Gasteiger partial charge < -0.3 is 9.64 Å². The van der Waals surface area contributed by atoms with E-state index in [1.54, 1.807) is 18.2 Å². The van der Waals surface area contributed by atoms with Crippen LogP contribution in [0.1, 0.15) is 28.7 Å². The van der Waals surface area contributed by atoms with Gasteiger partial charge in [-0.05, 0) is 54.3 Å². The molecule has 1 aliphatic rings. The maximum absolute atomic E-state index is 13.3. The third-order valence-electron chi connectivity index (χ3n) is 5.83. The Bertz CT molecular complexity index is 1230. The topological polar surface area (TPSA) is 61.9 Å². The van der Waals surface area contributed by atoms with E-state index >= 15 is 0 Å². The number of amides is 3. The van der Waals surface area contributed by atoms with Crippen LogP contribution in [0.5, 0.6) is 0 Å². The van der Waals surface area contributed by atoms with E-state index in [1.807, 2.05) is 43.3 Å². The number of ether oxygens (including phenoxy) is 1. The van der Waals surface area contributed by atoms with Gasteiger partial charge in [-0.2, -0.15) is 13.2 Å². The van der Waals surface area contributed by atoms with Crippen LogP contribution in [0.2, 0.25) is 0 Å². The molecule has 36 heavy (non-hydrogen) atoms. The first kappa shape index (κ1) is 25.1. The Morgan fingerprint density at radius 3 is 2.47 bits per heavy atom. The lowest BCUT2D eigenvalue weighted by Crippen LogP contribution is -2.49. The zero-order chi connectivity index (χ0) is 25.7. The van der Waals surface area contributed by atoms with Crippen molar-refractivity contribution in [1.82, 2.24) is 4.90 Å². The summed E-state index contributed by atoms with van der Waals surface area (Å²) in [4.78, 5) is 28.9. The van der Waals surface area contributed by atoms with E-state index in [1.165, 1.54) is 15.9 Å². The van der Waals surface area contributed by atoms with Gasteiger partial charge in [-0.1, -0.05) is 48.5 Å². The summed E-state index contributed by atoms with van der Waals surface area (Å²) in [6, 6.07) is 19.2. The molecule has 1 heterocycles. The molecule has 0 aliphatic carbocycles. The van der Waals surface area contributed by atoms with Gasteiger partial charge >= 0.3 is 18.3 Å². The first-order chi connectivity index (χ1) is 17.2. The molecule has 1 saturated heterocycles. The minimum Gasteiger partial charge on any atom is -0.444 e. The van der Waals surface area contributed by atoms with Crippen LogP contribution in [0, 0.1) is 6.92 Å². The Labute approximate surface area is 207 Å². The van der Waals surface area contributed by atoms with Crippen LogP contribution in [-0.2, 0) is 24.1 Å². The van der Waals surface area contributed by atoms with Crippen LogP contribution in [-0.4, -0.2) is 30.1 Å². The van der Waals surface area contributed by atoms with Crippen molar-refractivity contribution < 1.29 is 27.5 Å². The number of anilines is 2. The second-order valence-electron chi connectivity index (χ2n) is 8.61. The maximum Gasteiger partial charge on any atom is 0.416 e. The molecule has 6 nitrogen and oxygen atoms in total. The van der Waals surface area contributed by atoms with Gasteiger partial charge in [-0.3, -0.25) is 10.2 Å². The van der Waals surface area contributed by atoms with Crippen molar-refractivity contribution >= 4 is 23.5 Å². The number of nitrogens with one attached hydrogen (secondary N) is 1. The smallest absolute Gasteiger partial charge is 0.416 e. The largest absolute Gasteiger partial charge is 0.444 e. The third kappa shape index (κ3) is 6.16. The number of hydrogen-bond donors (Lipinski definition) is 1. The van der Waals surface area contributed by atoms with Crippen molar-refractivity contribution in [2.24, 2.45) is 0 Å². The van der Waals surface area contributed by atoms with E-state index in [2.05, 4.69) is 5.32 Å². The van der Waals surface area contributed by atoms with Gasteiger partial charge in [0.1, 0.15) is 6.61 Å². The monoisotopic (exact) mass is 497 g/mol. The summed E-state index contributed by atoms with van der Waals surface area (Å²) in [5.74, 6) is 0. The van der Waals surface area contributed by atoms with Crippen LogP contribution in [0.25, 0.3) is 0 Å². The molecular weight excluding hydrogens is 471 g/mol. The Morgan fingerprint density at radius 2 is 1.72 bits per heavy atom. The number of carbonyl (C=O) groups is 2. The van der Waals surface area contributed by atoms with Gasteiger partial charge in [0.2, 0.25) is 0 Å². The number of halogens is 3. The standard InChI is InChI=1S/C27H26F3N3O3/c1-19-11-12-24(23(15-19)31-25(34)36-18-20-7-3-2-4-8-20)33-14-6-13-32(26(33)35)17-21-9-5-10-22(16-21)27(28,29)30/h2-5,7-12,15-16H,6,13-14,17-18H2,1H3,(H,31,34). The number of hydrogen-bond acceptors (Lipinski definition) is 3. The zero-order valence-corrected chi connectivity index (χ0v) is 19.7. The zero-order valence-electron chi connectivity index (χ0n) is 19.7. The Hall–Kier alpha value is -4.01. The molecule has 0 radical (unpaired) electrons. The summed E-state index contributed by atoms with van der Waals surface area (Å²) in [5, 5.41) is 2.73. The number of aryl methyl sites for hydroxylation is 1. The van der Waals surface area contributed by atoms with Crippen molar-refractivity contribution in [3.8, 4) is 0 Å². The maximum atomic E-state index is 13.3. The first-order valence-electron chi connectivity index (χ1n) is 11.5. The summed E-state index contributed by atoms with van der Waals surface area (Å²) in [6.45, 7) is 2.84. The molecule has 3 aromatic carbocycles. The highest BCUT2D eigenvalue weighted by Crippen LogP contribution is 2.32. The van der Waals surface area contributed by atoms with Crippen molar-refractivity contribution in [3.63, 3.8) is 0 Å². The summed E-state index contributed by atoms with van der Waals surface area (Å²) >= 11 is 0. The molecule has 1 N–H and O–H groups in total. The summed E-state index contributed by atoms with van der Waals surface area (Å²) in [5.41, 5.74) is 2.28. The predicted octanol–water partition coefficient (Wildman–Crippen LogP) is 6.59.